The molecule has 0 unspecified atom stereocenters. The Morgan fingerprint density at radius 1 is 1.20 bits per heavy atom. The fraction of sp³-hybridized carbons (Fsp3) is 0. The molecule has 0 amide bonds. The molecule has 1 heterocycles. The van der Waals surface area contributed by atoms with Crippen LogP contribution < -0.4 is 5.73 Å². The maximum Gasteiger partial charge on any atom is 0.123 e. The Morgan fingerprint density at radius 2 is 1.93 bits per heavy atom. The van der Waals surface area contributed by atoms with Crippen molar-refractivity contribution in [1.82, 2.24) is 0 Å². The van der Waals surface area contributed by atoms with Gasteiger partial charge in [0.2, 0.25) is 0 Å². The first-order valence-electron chi connectivity index (χ1n) is 4.25. The van der Waals surface area contributed by atoms with Crippen LogP contribution in [0.15, 0.2) is 47.3 Å². The van der Waals surface area contributed by atoms with Gasteiger partial charge in [-0.1, -0.05) is 24.3 Å². The van der Waals surface area contributed by atoms with E-state index in [0.29, 0.717) is 0 Å². The molecule has 4 heteroatoms. The zero-order valence-corrected chi connectivity index (χ0v) is 8.75. The molecule has 0 atom stereocenters. The molecule has 0 aliphatic rings. The average molecular weight is 223 g/mol. The Balaban J connectivity index is 0.00000112. The van der Waals surface area contributed by atoms with Crippen molar-refractivity contribution in [2.75, 3.05) is 0 Å². The standard InChI is InChI=1S/C11H10N2O.ClH/c12-11(13)10-4-2-1-3-9(10)8-5-6-14-7-8;/h1-7H,(H3,12,13);1H. The Hall–Kier alpha value is -1.74. The van der Waals surface area contributed by atoms with Crippen molar-refractivity contribution in [3.8, 4) is 11.1 Å². The number of halogens is 1. The van der Waals surface area contributed by atoms with Gasteiger partial charge in [-0.3, -0.25) is 5.41 Å². The molecule has 0 saturated heterocycles. The normalized spacial score (nSPS) is 9.33. The lowest BCUT2D eigenvalue weighted by Gasteiger charge is -2.04. The average Bonchev–Trinajstić information content (AvgIpc) is 2.70. The fourth-order valence-corrected chi connectivity index (χ4v) is 1.39. The van der Waals surface area contributed by atoms with Gasteiger partial charge in [-0.2, -0.15) is 0 Å². The molecule has 1 aromatic heterocycles. The van der Waals surface area contributed by atoms with E-state index in [2.05, 4.69) is 0 Å². The third-order valence-corrected chi connectivity index (χ3v) is 2.05. The van der Waals surface area contributed by atoms with Crippen LogP contribution in [0.2, 0.25) is 0 Å². The Labute approximate surface area is 93.8 Å². The van der Waals surface area contributed by atoms with Gasteiger partial charge in [0.05, 0.1) is 12.5 Å². The molecule has 78 valence electrons. The highest BCUT2D eigenvalue weighted by molar-refractivity contribution is 6.01. The van der Waals surface area contributed by atoms with Gasteiger partial charge >= 0.3 is 0 Å². The summed E-state index contributed by atoms with van der Waals surface area (Å²) in [6, 6.07) is 9.36. The smallest absolute Gasteiger partial charge is 0.123 e. The maximum absolute atomic E-state index is 7.43. The molecule has 0 fully saturated rings. The minimum absolute atomic E-state index is 0. The molecule has 0 spiro atoms. The van der Waals surface area contributed by atoms with Crippen molar-refractivity contribution in [2.24, 2.45) is 5.73 Å². The second-order valence-corrected chi connectivity index (χ2v) is 2.97. The fourth-order valence-electron chi connectivity index (χ4n) is 1.39. The third kappa shape index (κ3) is 2.19. The summed E-state index contributed by atoms with van der Waals surface area (Å²) in [6.07, 6.45) is 3.24. The van der Waals surface area contributed by atoms with Crippen molar-refractivity contribution >= 4 is 18.2 Å². The lowest BCUT2D eigenvalue weighted by molar-refractivity contribution is 0.568. The molecule has 3 N–H and O–H groups in total. The van der Waals surface area contributed by atoms with E-state index in [-0.39, 0.29) is 18.2 Å². The van der Waals surface area contributed by atoms with Gasteiger partial charge in [-0.25, -0.2) is 0 Å². The van der Waals surface area contributed by atoms with E-state index < -0.39 is 0 Å². The molecule has 2 aromatic rings. The van der Waals surface area contributed by atoms with Crippen molar-refractivity contribution in [3.63, 3.8) is 0 Å². The summed E-state index contributed by atoms with van der Waals surface area (Å²) in [4.78, 5) is 0. The highest BCUT2D eigenvalue weighted by Gasteiger charge is 2.06. The molecule has 0 aliphatic carbocycles. The van der Waals surface area contributed by atoms with Gasteiger partial charge in [0.25, 0.3) is 0 Å². The Morgan fingerprint density at radius 3 is 2.53 bits per heavy atom. The van der Waals surface area contributed by atoms with E-state index in [0.717, 1.165) is 16.7 Å². The molecular formula is C11H11ClN2O. The summed E-state index contributed by atoms with van der Waals surface area (Å²) >= 11 is 0. The highest BCUT2D eigenvalue weighted by atomic mass is 35.5. The number of nitrogens with two attached hydrogens (primary N) is 1. The summed E-state index contributed by atoms with van der Waals surface area (Å²) < 4.78 is 4.99. The molecule has 15 heavy (non-hydrogen) atoms. The zero-order valence-electron chi connectivity index (χ0n) is 7.94. The summed E-state index contributed by atoms with van der Waals surface area (Å²) in [5.74, 6) is 0.0711. The number of nitrogen functional groups attached to an aromatic ring is 1. The van der Waals surface area contributed by atoms with E-state index in [1.165, 1.54) is 0 Å². The predicted octanol–water partition coefficient (Wildman–Crippen LogP) is 2.65. The predicted molar refractivity (Wildman–Crippen MR) is 62.4 cm³/mol. The minimum atomic E-state index is 0. The number of nitrogens with one attached hydrogen (secondary N) is 1. The number of hydrogen-bond acceptors (Lipinski definition) is 2. The lowest BCUT2D eigenvalue weighted by atomic mass is 10.0. The molecule has 0 saturated carbocycles. The molecule has 0 radical (unpaired) electrons. The topological polar surface area (TPSA) is 63.0 Å². The van der Waals surface area contributed by atoms with Gasteiger partial charge in [-0.05, 0) is 11.6 Å². The van der Waals surface area contributed by atoms with Crippen LogP contribution in [0.4, 0.5) is 0 Å². The first kappa shape index (κ1) is 11.3. The van der Waals surface area contributed by atoms with Crippen molar-refractivity contribution < 1.29 is 4.42 Å². The minimum Gasteiger partial charge on any atom is -0.472 e. The first-order chi connectivity index (χ1) is 6.79. The molecule has 0 aliphatic heterocycles. The van der Waals surface area contributed by atoms with Crippen LogP contribution in [0, 0.1) is 5.41 Å². The maximum atomic E-state index is 7.43. The van der Waals surface area contributed by atoms with Crippen LogP contribution in [0.25, 0.3) is 11.1 Å². The van der Waals surface area contributed by atoms with Crippen LogP contribution in [0.5, 0.6) is 0 Å². The SMILES string of the molecule is Cl.N=C(N)c1ccccc1-c1ccoc1. The van der Waals surface area contributed by atoms with Crippen LogP contribution in [0.1, 0.15) is 5.56 Å². The first-order valence-corrected chi connectivity index (χ1v) is 4.25. The van der Waals surface area contributed by atoms with E-state index in [9.17, 15) is 0 Å². The summed E-state index contributed by atoms with van der Waals surface area (Å²) in [6.45, 7) is 0. The van der Waals surface area contributed by atoms with E-state index in [1.54, 1.807) is 12.5 Å². The van der Waals surface area contributed by atoms with E-state index in [1.807, 2.05) is 30.3 Å². The van der Waals surface area contributed by atoms with Gasteiger partial charge in [0.15, 0.2) is 0 Å². The van der Waals surface area contributed by atoms with Crippen molar-refractivity contribution in [1.29, 1.82) is 5.41 Å². The quantitative estimate of drug-likeness (QED) is 0.606. The van der Waals surface area contributed by atoms with Crippen LogP contribution in [-0.4, -0.2) is 5.84 Å². The third-order valence-electron chi connectivity index (χ3n) is 2.05. The van der Waals surface area contributed by atoms with Crippen LogP contribution >= 0.6 is 12.4 Å². The molecule has 2 rings (SSSR count). The largest absolute Gasteiger partial charge is 0.472 e. The molecular weight excluding hydrogens is 212 g/mol. The number of furan rings is 1. The molecule has 0 bridgehead atoms. The van der Waals surface area contributed by atoms with Crippen LogP contribution in [0.3, 0.4) is 0 Å². The number of rotatable bonds is 2. The van der Waals surface area contributed by atoms with Crippen molar-refractivity contribution in [2.45, 2.75) is 0 Å². The van der Waals surface area contributed by atoms with E-state index >= 15 is 0 Å². The number of hydrogen-bond donors (Lipinski definition) is 2. The second kappa shape index (κ2) is 4.66. The second-order valence-electron chi connectivity index (χ2n) is 2.97. The van der Waals surface area contributed by atoms with Crippen LogP contribution in [-0.2, 0) is 0 Å². The monoisotopic (exact) mass is 222 g/mol. The van der Waals surface area contributed by atoms with Gasteiger partial charge in [0.1, 0.15) is 5.84 Å². The van der Waals surface area contributed by atoms with Crippen molar-refractivity contribution in [3.05, 3.63) is 48.4 Å². The number of amidine groups is 1. The van der Waals surface area contributed by atoms with Gasteiger partial charge in [0, 0.05) is 11.1 Å². The Bertz CT molecular complexity index is 451. The molecule has 1 aromatic carbocycles. The summed E-state index contributed by atoms with van der Waals surface area (Å²) in [5, 5.41) is 7.43. The molecule has 3 nitrogen and oxygen atoms in total. The van der Waals surface area contributed by atoms with Gasteiger partial charge in [-0.15, -0.1) is 12.4 Å². The Kier molecular flexibility index (Phi) is 3.52. The van der Waals surface area contributed by atoms with E-state index in [4.69, 9.17) is 15.6 Å². The summed E-state index contributed by atoms with van der Waals surface area (Å²) in [5.41, 5.74) is 8.07. The highest BCUT2D eigenvalue weighted by Crippen LogP contribution is 2.23. The van der Waals surface area contributed by atoms with Gasteiger partial charge < -0.3 is 10.2 Å². The lowest BCUT2D eigenvalue weighted by Crippen LogP contribution is -2.12. The zero-order chi connectivity index (χ0) is 9.97. The summed E-state index contributed by atoms with van der Waals surface area (Å²) in [7, 11) is 0. The number of benzene rings is 1.